The Bertz CT molecular complexity index is 470. The molecule has 0 saturated carbocycles. The maximum atomic E-state index is 12.3. The fraction of sp³-hybridized carbons (Fsp3) is 0.273. The minimum absolute atomic E-state index is 0.0390. The summed E-state index contributed by atoms with van der Waals surface area (Å²) < 4.78 is 24.6. The van der Waals surface area contributed by atoms with Gasteiger partial charge in [0.25, 0.3) is 11.7 Å². The molecule has 19 heavy (non-hydrogen) atoms. The number of thioether (sulfide) groups is 1. The van der Waals surface area contributed by atoms with Crippen LogP contribution in [0.1, 0.15) is 10.4 Å². The lowest BCUT2D eigenvalue weighted by molar-refractivity contribution is -0.140. The Kier molecular flexibility index (Phi) is 5.71. The first-order valence-electron chi connectivity index (χ1n) is 5.14. The third-order valence-electron chi connectivity index (χ3n) is 2.13. The molecule has 1 aromatic rings. The van der Waals surface area contributed by atoms with Gasteiger partial charge in [0, 0.05) is 4.90 Å². The zero-order chi connectivity index (χ0) is 14.4. The van der Waals surface area contributed by atoms with Crippen LogP contribution in [0.25, 0.3) is 0 Å². The maximum absolute atomic E-state index is 12.3. The van der Waals surface area contributed by atoms with Crippen molar-refractivity contribution in [3.8, 4) is 0 Å². The number of aliphatic carboxylic acids is 1. The summed E-state index contributed by atoms with van der Waals surface area (Å²) in [5.41, 5.74) is -0.0625. The Morgan fingerprint density at radius 3 is 2.47 bits per heavy atom. The molecule has 3 N–H and O–H groups in total. The second kappa shape index (κ2) is 7.05. The smallest absolute Gasteiger partial charge is 0.328 e. The van der Waals surface area contributed by atoms with Crippen molar-refractivity contribution in [1.82, 2.24) is 5.32 Å². The third-order valence-corrected chi connectivity index (χ3v) is 2.92. The minimum atomic E-state index is -2.69. The first-order chi connectivity index (χ1) is 8.95. The van der Waals surface area contributed by atoms with Gasteiger partial charge in [0.2, 0.25) is 0 Å². The molecule has 1 aromatic carbocycles. The first-order valence-corrected chi connectivity index (χ1v) is 6.02. The molecule has 104 valence electrons. The summed E-state index contributed by atoms with van der Waals surface area (Å²) in [4.78, 5) is 22.5. The Labute approximate surface area is 111 Å². The molecular weight excluding hydrogens is 280 g/mol. The van der Waals surface area contributed by atoms with E-state index in [0.29, 0.717) is 0 Å². The number of hydrogen-bond donors (Lipinski definition) is 3. The maximum Gasteiger partial charge on any atom is 0.328 e. The average Bonchev–Trinajstić information content (AvgIpc) is 2.35. The van der Waals surface area contributed by atoms with Gasteiger partial charge < -0.3 is 15.5 Å². The Balaban J connectivity index is 2.90. The summed E-state index contributed by atoms with van der Waals surface area (Å²) in [5, 5.41) is 19.5. The van der Waals surface area contributed by atoms with Crippen molar-refractivity contribution < 1.29 is 28.6 Å². The molecule has 0 aliphatic carbocycles. The molecule has 0 aliphatic rings. The third kappa shape index (κ3) is 4.49. The first kappa shape index (κ1) is 15.4. The molecule has 1 unspecified atom stereocenters. The van der Waals surface area contributed by atoms with Gasteiger partial charge in [-0.25, -0.2) is 4.79 Å². The molecule has 5 nitrogen and oxygen atoms in total. The van der Waals surface area contributed by atoms with Crippen LogP contribution in [0.15, 0.2) is 29.2 Å². The van der Waals surface area contributed by atoms with E-state index in [0.717, 1.165) is 0 Å². The van der Waals surface area contributed by atoms with Crippen molar-refractivity contribution in [3.63, 3.8) is 0 Å². The molecule has 0 radical (unpaired) electrons. The summed E-state index contributed by atoms with van der Waals surface area (Å²) in [6.45, 7) is -0.786. The van der Waals surface area contributed by atoms with Crippen LogP contribution in [0.5, 0.6) is 0 Å². The molecule has 1 amide bonds. The van der Waals surface area contributed by atoms with E-state index >= 15 is 0 Å². The van der Waals surface area contributed by atoms with E-state index < -0.39 is 30.3 Å². The number of carboxylic acids is 1. The van der Waals surface area contributed by atoms with E-state index in [1.54, 1.807) is 0 Å². The van der Waals surface area contributed by atoms with Gasteiger partial charge in [-0.1, -0.05) is 23.9 Å². The van der Waals surface area contributed by atoms with Crippen LogP contribution in [0.2, 0.25) is 0 Å². The number of hydrogen-bond acceptors (Lipinski definition) is 4. The quantitative estimate of drug-likeness (QED) is 0.685. The van der Waals surface area contributed by atoms with Gasteiger partial charge in [0.05, 0.1) is 12.2 Å². The predicted molar refractivity (Wildman–Crippen MR) is 64.3 cm³/mol. The molecule has 0 spiro atoms. The zero-order valence-corrected chi connectivity index (χ0v) is 10.4. The molecule has 0 aliphatic heterocycles. The van der Waals surface area contributed by atoms with Crippen molar-refractivity contribution in [1.29, 1.82) is 0 Å². The minimum Gasteiger partial charge on any atom is -0.480 e. The molecule has 0 bridgehead atoms. The van der Waals surface area contributed by atoms with Gasteiger partial charge in [-0.3, -0.25) is 4.79 Å². The fourth-order valence-electron chi connectivity index (χ4n) is 1.27. The molecule has 8 heteroatoms. The lowest BCUT2D eigenvalue weighted by Gasteiger charge is -2.13. The highest BCUT2D eigenvalue weighted by Gasteiger charge is 2.22. The van der Waals surface area contributed by atoms with Crippen molar-refractivity contribution >= 4 is 23.6 Å². The number of alkyl halides is 2. The van der Waals surface area contributed by atoms with Gasteiger partial charge in [0.15, 0.2) is 6.04 Å². The topological polar surface area (TPSA) is 86.6 Å². The lowest BCUT2D eigenvalue weighted by atomic mass is 10.2. The highest BCUT2D eigenvalue weighted by Crippen LogP contribution is 2.28. The summed E-state index contributed by atoms with van der Waals surface area (Å²) >= 11 is 0.192. The van der Waals surface area contributed by atoms with Crippen LogP contribution in [-0.4, -0.2) is 40.5 Å². The lowest BCUT2D eigenvalue weighted by Crippen LogP contribution is -2.43. The van der Waals surface area contributed by atoms with Crippen LogP contribution in [-0.2, 0) is 4.79 Å². The summed E-state index contributed by atoms with van der Waals surface area (Å²) in [6.07, 6.45) is 0. The number of halogens is 2. The van der Waals surface area contributed by atoms with Gasteiger partial charge in [-0.05, 0) is 12.1 Å². The number of carbonyl (C=O) groups is 2. The molecule has 0 fully saturated rings. The number of amides is 1. The second-order valence-corrected chi connectivity index (χ2v) is 4.45. The van der Waals surface area contributed by atoms with Crippen molar-refractivity contribution in [3.05, 3.63) is 29.8 Å². The molecule has 0 aromatic heterocycles. The van der Waals surface area contributed by atoms with Gasteiger partial charge in [-0.2, -0.15) is 8.78 Å². The van der Waals surface area contributed by atoms with Gasteiger partial charge >= 0.3 is 5.97 Å². The highest BCUT2D eigenvalue weighted by molar-refractivity contribution is 7.99. The standard InChI is InChI=1S/C11H11F2NO4S/c12-11(13)19-8-4-2-1-3-6(8)9(16)14-7(5-15)10(17)18/h1-4,7,11,15H,5H2,(H,14,16)(H,17,18). The monoisotopic (exact) mass is 291 g/mol. The van der Waals surface area contributed by atoms with Crippen LogP contribution in [0.4, 0.5) is 8.78 Å². The Morgan fingerprint density at radius 2 is 1.95 bits per heavy atom. The number of rotatable bonds is 6. The van der Waals surface area contributed by atoms with Crippen molar-refractivity contribution in [2.24, 2.45) is 0 Å². The van der Waals surface area contributed by atoms with E-state index in [9.17, 15) is 18.4 Å². The second-order valence-electron chi connectivity index (χ2n) is 3.42. The van der Waals surface area contributed by atoms with E-state index in [1.165, 1.54) is 24.3 Å². The van der Waals surface area contributed by atoms with E-state index in [-0.39, 0.29) is 22.2 Å². The predicted octanol–water partition coefficient (Wildman–Crippen LogP) is 1.18. The number of carboxylic acid groups (broad SMARTS) is 1. The van der Waals surface area contributed by atoms with Crippen molar-refractivity contribution in [2.45, 2.75) is 16.7 Å². The molecule has 0 heterocycles. The largest absolute Gasteiger partial charge is 0.480 e. The van der Waals surface area contributed by atoms with Gasteiger partial charge in [-0.15, -0.1) is 0 Å². The molecule has 1 atom stereocenters. The van der Waals surface area contributed by atoms with E-state index in [1.807, 2.05) is 5.32 Å². The Hall–Kier alpha value is -1.67. The van der Waals surface area contributed by atoms with Crippen LogP contribution >= 0.6 is 11.8 Å². The zero-order valence-electron chi connectivity index (χ0n) is 9.55. The summed E-state index contributed by atoms with van der Waals surface area (Å²) in [7, 11) is 0. The Morgan fingerprint density at radius 1 is 1.32 bits per heavy atom. The SMILES string of the molecule is O=C(NC(CO)C(=O)O)c1ccccc1SC(F)F. The van der Waals surface area contributed by atoms with E-state index in [4.69, 9.17) is 10.2 Å². The molecule has 0 saturated heterocycles. The number of aliphatic hydroxyl groups excluding tert-OH is 1. The summed E-state index contributed by atoms with van der Waals surface area (Å²) in [6, 6.07) is 4.12. The number of aliphatic hydroxyl groups is 1. The number of carbonyl (C=O) groups excluding carboxylic acids is 1. The summed E-state index contributed by atoms with van der Waals surface area (Å²) in [5.74, 6) is -4.93. The van der Waals surface area contributed by atoms with Crippen LogP contribution in [0.3, 0.4) is 0 Å². The van der Waals surface area contributed by atoms with Crippen LogP contribution in [0, 0.1) is 0 Å². The average molecular weight is 291 g/mol. The highest BCUT2D eigenvalue weighted by atomic mass is 32.2. The van der Waals surface area contributed by atoms with Crippen molar-refractivity contribution in [2.75, 3.05) is 6.61 Å². The fourth-order valence-corrected chi connectivity index (χ4v) is 1.91. The molecular formula is C11H11F2NO4S. The molecule has 1 rings (SSSR count). The number of benzene rings is 1. The normalized spacial score (nSPS) is 12.2. The van der Waals surface area contributed by atoms with Crippen LogP contribution < -0.4 is 5.32 Å². The van der Waals surface area contributed by atoms with E-state index in [2.05, 4.69) is 0 Å². The van der Waals surface area contributed by atoms with Gasteiger partial charge in [0.1, 0.15) is 0 Å². The number of nitrogens with one attached hydrogen (secondary N) is 1.